The Morgan fingerprint density at radius 3 is 2.42 bits per heavy atom. The third-order valence-corrected chi connectivity index (χ3v) is 8.67. The first-order valence-corrected chi connectivity index (χ1v) is 15.8. The molecule has 1 heterocycles. The molecule has 1 unspecified atom stereocenters. The van der Waals surface area contributed by atoms with E-state index in [2.05, 4.69) is 35.6 Å². The molecule has 0 bridgehead atoms. The van der Waals surface area contributed by atoms with E-state index in [-0.39, 0.29) is 17.4 Å². The zero-order chi connectivity index (χ0) is 32.3. The molecular weight excluding hydrogens is 627 g/mol. The van der Waals surface area contributed by atoms with E-state index in [4.69, 9.17) is 40.2 Å². The van der Waals surface area contributed by atoms with E-state index >= 15 is 0 Å². The van der Waals surface area contributed by atoms with Crippen LogP contribution in [0.25, 0.3) is 0 Å². The molecule has 0 saturated carbocycles. The number of nitriles is 1. The van der Waals surface area contributed by atoms with Crippen molar-refractivity contribution < 1.29 is 9.53 Å². The molecule has 45 heavy (non-hydrogen) atoms. The number of rotatable bonds is 13. The number of thiocarbonyl (C=S) groups is 1. The number of ether oxygens (including phenoxy) is 1. The fourth-order valence-corrected chi connectivity index (χ4v) is 5.59. The Hall–Kier alpha value is -3.94. The maximum Gasteiger partial charge on any atom is 0.252 e. The van der Waals surface area contributed by atoms with Gasteiger partial charge in [-0.1, -0.05) is 61.7 Å². The molecule has 2 atom stereocenters. The predicted octanol–water partition coefficient (Wildman–Crippen LogP) is 7.61. The van der Waals surface area contributed by atoms with Gasteiger partial charge in [-0.15, -0.1) is 0 Å². The summed E-state index contributed by atoms with van der Waals surface area (Å²) in [6, 6.07) is 22.1. The van der Waals surface area contributed by atoms with Gasteiger partial charge in [0.05, 0.1) is 36.7 Å². The summed E-state index contributed by atoms with van der Waals surface area (Å²) in [7, 11) is 1.60. The monoisotopic (exact) mass is 662 g/mol. The minimum Gasteiger partial charge on any atom is -0.497 e. The standard InChI is InChI=1S/C34H36Cl2N6O2S/c1-4-23(2)16-17-39-42(34(45)40-26-12-14-27(44-3)15-13-26)33(43)29(18-28-30(35)6-5-7-31(28)36)32-20-38-22-41(32)21-25-10-8-24(19-37)9-11-25/h5-15,20,22-23,29,39H,4,16-18,21H2,1-3H3,(H,40,45)/t23-,29?/m0/s1. The normalized spacial score (nSPS) is 12.2. The van der Waals surface area contributed by atoms with E-state index < -0.39 is 5.92 Å². The minimum atomic E-state index is -0.755. The van der Waals surface area contributed by atoms with Crippen molar-refractivity contribution in [3.05, 3.63) is 112 Å². The van der Waals surface area contributed by atoms with Crippen LogP contribution in [0.2, 0.25) is 10.0 Å². The van der Waals surface area contributed by atoms with Crippen molar-refractivity contribution in [2.24, 2.45) is 5.92 Å². The van der Waals surface area contributed by atoms with Gasteiger partial charge < -0.3 is 14.6 Å². The van der Waals surface area contributed by atoms with Gasteiger partial charge in [0, 0.05) is 35.0 Å². The summed E-state index contributed by atoms with van der Waals surface area (Å²) in [5.41, 5.74) is 6.85. The van der Waals surface area contributed by atoms with E-state index in [0.717, 1.165) is 18.4 Å². The highest BCUT2D eigenvalue weighted by atomic mass is 35.5. The smallest absolute Gasteiger partial charge is 0.252 e. The number of imidazole rings is 1. The third kappa shape index (κ3) is 9.05. The number of hydrogen-bond acceptors (Lipinski definition) is 6. The summed E-state index contributed by atoms with van der Waals surface area (Å²) in [4.78, 5) is 19.1. The summed E-state index contributed by atoms with van der Waals surface area (Å²) in [5.74, 6) is 0.125. The van der Waals surface area contributed by atoms with E-state index in [1.54, 1.807) is 50.0 Å². The molecule has 4 rings (SSSR count). The lowest BCUT2D eigenvalue weighted by molar-refractivity contribution is -0.131. The minimum absolute atomic E-state index is 0.197. The topological polar surface area (TPSA) is 95.2 Å². The summed E-state index contributed by atoms with van der Waals surface area (Å²) in [6.07, 6.45) is 5.46. The molecule has 2 N–H and O–H groups in total. The Morgan fingerprint density at radius 1 is 1.11 bits per heavy atom. The van der Waals surface area contributed by atoms with Crippen LogP contribution in [0.4, 0.5) is 5.69 Å². The van der Waals surface area contributed by atoms with Crippen LogP contribution in [0.1, 0.15) is 55.0 Å². The number of carbonyl (C=O) groups excluding carboxylic acids is 1. The number of aromatic nitrogens is 2. The lowest BCUT2D eigenvalue weighted by atomic mass is 9.94. The summed E-state index contributed by atoms with van der Waals surface area (Å²) in [5, 5.41) is 15.0. The molecule has 0 aliphatic rings. The first-order chi connectivity index (χ1) is 21.7. The van der Waals surface area contributed by atoms with Crippen LogP contribution in [-0.2, 0) is 17.8 Å². The van der Waals surface area contributed by atoms with Gasteiger partial charge in [-0.05, 0) is 90.6 Å². The lowest BCUT2D eigenvalue weighted by Crippen LogP contribution is -2.51. The number of methoxy groups -OCH3 is 1. The second kappa shape index (κ2) is 16.4. The van der Waals surface area contributed by atoms with E-state index in [1.165, 1.54) is 5.01 Å². The average molecular weight is 664 g/mol. The Morgan fingerprint density at radius 2 is 1.80 bits per heavy atom. The quantitative estimate of drug-likeness (QED) is 0.112. The van der Waals surface area contributed by atoms with Crippen LogP contribution >= 0.6 is 35.4 Å². The number of nitrogens with zero attached hydrogens (tertiary/aromatic N) is 4. The van der Waals surface area contributed by atoms with E-state index in [1.807, 2.05) is 41.0 Å². The van der Waals surface area contributed by atoms with Crippen molar-refractivity contribution in [1.29, 1.82) is 5.26 Å². The third-order valence-electron chi connectivity index (χ3n) is 7.67. The van der Waals surface area contributed by atoms with Crippen LogP contribution in [0.5, 0.6) is 5.75 Å². The molecule has 11 heteroatoms. The zero-order valence-electron chi connectivity index (χ0n) is 25.5. The van der Waals surface area contributed by atoms with Crippen molar-refractivity contribution in [2.45, 2.75) is 45.6 Å². The van der Waals surface area contributed by atoms with Crippen molar-refractivity contribution in [3.8, 4) is 11.8 Å². The van der Waals surface area contributed by atoms with Gasteiger partial charge >= 0.3 is 0 Å². The number of hydrogen-bond donors (Lipinski definition) is 2. The maximum atomic E-state index is 14.7. The highest BCUT2D eigenvalue weighted by Gasteiger charge is 2.32. The SMILES string of the molecule is CC[C@H](C)CCNN(C(=O)C(Cc1c(Cl)cccc1Cl)c1cncn1Cc1ccc(C#N)cc1)C(=S)Nc1ccc(OC)cc1. The number of carbonyl (C=O) groups is 1. The van der Waals surface area contributed by atoms with Crippen molar-refractivity contribution >= 4 is 52.1 Å². The number of nitrogens with one attached hydrogen (secondary N) is 2. The van der Waals surface area contributed by atoms with Crippen molar-refractivity contribution in [3.63, 3.8) is 0 Å². The molecule has 3 aromatic carbocycles. The van der Waals surface area contributed by atoms with Gasteiger partial charge in [-0.25, -0.2) is 15.4 Å². The molecule has 0 aliphatic carbocycles. The molecule has 8 nitrogen and oxygen atoms in total. The second-order valence-electron chi connectivity index (χ2n) is 10.8. The molecule has 0 saturated heterocycles. The molecule has 4 aromatic rings. The zero-order valence-corrected chi connectivity index (χ0v) is 27.8. The van der Waals surface area contributed by atoms with Crippen LogP contribution in [0.3, 0.4) is 0 Å². The van der Waals surface area contributed by atoms with Crippen molar-refractivity contribution in [1.82, 2.24) is 20.0 Å². The highest BCUT2D eigenvalue weighted by molar-refractivity contribution is 7.80. The number of amides is 1. The number of halogens is 2. The summed E-state index contributed by atoms with van der Waals surface area (Å²) < 4.78 is 7.20. The van der Waals surface area contributed by atoms with Crippen LogP contribution < -0.4 is 15.5 Å². The van der Waals surface area contributed by atoms with Crippen LogP contribution in [-0.4, -0.2) is 39.2 Å². The first kappa shape index (κ1) is 33.9. The molecule has 1 aromatic heterocycles. The van der Waals surface area contributed by atoms with Gasteiger partial charge in [0.2, 0.25) is 0 Å². The van der Waals surface area contributed by atoms with E-state index in [9.17, 15) is 10.1 Å². The van der Waals surface area contributed by atoms with Gasteiger partial charge in [0.1, 0.15) is 5.75 Å². The van der Waals surface area contributed by atoms with Gasteiger partial charge in [-0.3, -0.25) is 4.79 Å². The number of hydrazine groups is 1. The predicted molar refractivity (Wildman–Crippen MR) is 184 cm³/mol. The Balaban J connectivity index is 1.71. The highest BCUT2D eigenvalue weighted by Crippen LogP contribution is 2.32. The fourth-order valence-electron chi connectivity index (χ4n) is 4.77. The summed E-state index contributed by atoms with van der Waals surface area (Å²) >= 11 is 19.1. The largest absolute Gasteiger partial charge is 0.497 e. The van der Waals surface area contributed by atoms with Crippen LogP contribution in [0, 0.1) is 17.2 Å². The molecule has 1 amide bonds. The first-order valence-electron chi connectivity index (χ1n) is 14.7. The summed E-state index contributed by atoms with van der Waals surface area (Å²) in [6.45, 7) is 5.29. The maximum absolute atomic E-state index is 14.7. The molecule has 0 aliphatic heterocycles. The Bertz CT molecular complexity index is 1620. The number of benzene rings is 3. The lowest BCUT2D eigenvalue weighted by Gasteiger charge is -2.30. The van der Waals surface area contributed by atoms with Gasteiger partial charge in [0.15, 0.2) is 5.11 Å². The average Bonchev–Trinajstić information content (AvgIpc) is 3.50. The van der Waals surface area contributed by atoms with Crippen molar-refractivity contribution in [2.75, 3.05) is 19.0 Å². The fraction of sp³-hybridized carbons (Fsp3) is 0.294. The molecular formula is C34H36Cl2N6O2S. The van der Waals surface area contributed by atoms with Gasteiger partial charge in [-0.2, -0.15) is 5.26 Å². The Kier molecular flexibility index (Phi) is 12.4. The Labute approximate surface area is 279 Å². The molecule has 0 spiro atoms. The van der Waals surface area contributed by atoms with Crippen LogP contribution in [0.15, 0.2) is 79.3 Å². The van der Waals surface area contributed by atoms with E-state index in [0.29, 0.717) is 57.3 Å². The molecule has 0 radical (unpaired) electrons. The second-order valence-corrected chi connectivity index (χ2v) is 12.0. The molecule has 234 valence electrons. The van der Waals surface area contributed by atoms with Gasteiger partial charge in [0.25, 0.3) is 5.91 Å². The molecule has 0 fully saturated rings. The number of anilines is 1.